The van der Waals surface area contributed by atoms with Gasteiger partial charge in [-0.15, -0.1) is 0 Å². The minimum atomic E-state index is -0.497. The molecule has 2 heterocycles. The van der Waals surface area contributed by atoms with Crippen molar-refractivity contribution in [2.24, 2.45) is 0 Å². The van der Waals surface area contributed by atoms with Gasteiger partial charge in [-0.3, -0.25) is 0 Å². The fourth-order valence-corrected chi connectivity index (χ4v) is 2.59. The van der Waals surface area contributed by atoms with Gasteiger partial charge in [0, 0.05) is 18.4 Å². The van der Waals surface area contributed by atoms with Crippen LogP contribution in [0.2, 0.25) is 0 Å². The standard InChI is InChI=1S/C16H21N3O3/c1-11-18-14-5-4-12(20-3)10-13(14)15(19-11)17-7-6-16(2)21-8-9-22-16/h4-5,10H,6-9H2,1-3H3,(H,17,18,19). The maximum atomic E-state index is 5.61. The monoisotopic (exact) mass is 303 g/mol. The second-order valence-corrected chi connectivity index (χ2v) is 5.51. The number of rotatable bonds is 5. The average molecular weight is 303 g/mol. The van der Waals surface area contributed by atoms with Gasteiger partial charge >= 0.3 is 0 Å². The van der Waals surface area contributed by atoms with Crippen LogP contribution in [-0.2, 0) is 9.47 Å². The highest BCUT2D eigenvalue weighted by atomic mass is 16.7. The van der Waals surface area contributed by atoms with Gasteiger partial charge in [0.05, 0.1) is 25.8 Å². The molecule has 118 valence electrons. The Kier molecular flexibility index (Phi) is 4.13. The molecule has 0 amide bonds. The first-order chi connectivity index (χ1) is 10.6. The molecular formula is C16H21N3O3. The summed E-state index contributed by atoms with van der Waals surface area (Å²) in [5, 5.41) is 4.31. The van der Waals surface area contributed by atoms with Crippen LogP contribution in [0.1, 0.15) is 19.2 Å². The van der Waals surface area contributed by atoms with Crippen LogP contribution in [0.3, 0.4) is 0 Å². The lowest BCUT2D eigenvalue weighted by Crippen LogP contribution is -2.28. The molecule has 0 bridgehead atoms. The van der Waals surface area contributed by atoms with E-state index in [1.165, 1.54) is 0 Å². The van der Waals surface area contributed by atoms with Crippen LogP contribution in [0.5, 0.6) is 5.75 Å². The molecule has 0 unspecified atom stereocenters. The van der Waals surface area contributed by atoms with Crippen LogP contribution in [0.25, 0.3) is 10.9 Å². The largest absolute Gasteiger partial charge is 0.497 e. The lowest BCUT2D eigenvalue weighted by Gasteiger charge is -2.22. The molecule has 1 aliphatic rings. The summed E-state index contributed by atoms with van der Waals surface area (Å²) >= 11 is 0. The number of fused-ring (bicyclic) bond motifs is 1. The van der Waals surface area contributed by atoms with Crippen molar-refractivity contribution >= 4 is 16.7 Å². The zero-order valence-corrected chi connectivity index (χ0v) is 13.2. The molecule has 0 spiro atoms. The van der Waals surface area contributed by atoms with Crippen molar-refractivity contribution in [2.75, 3.05) is 32.2 Å². The molecule has 1 fully saturated rings. The SMILES string of the molecule is COc1ccc2nc(C)nc(NCCC3(C)OCCO3)c2c1. The summed E-state index contributed by atoms with van der Waals surface area (Å²) < 4.78 is 16.5. The van der Waals surface area contributed by atoms with Crippen LogP contribution in [0.15, 0.2) is 18.2 Å². The molecule has 0 atom stereocenters. The van der Waals surface area contributed by atoms with E-state index in [2.05, 4.69) is 15.3 Å². The molecule has 0 aliphatic carbocycles. The summed E-state index contributed by atoms with van der Waals surface area (Å²) in [6.07, 6.45) is 0.752. The number of hydrogen-bond acceptors (Lipinski definition) is 6. The molecule has 1 aromatic heterocycles. The van der Waals surface area contributed by atoms with Gasteiger partial charge in [0.1, 0.15) is 17.4 Å². The maximum absolute atomic E-state index is 5.61. The maximum Gasteiger partial charge on any atom is 0.167 e. The predicted octanol–water partition coefficient (Wildman–Crippen LogP) is 2.51. The Hall–Kier alpha value is -1.92. The van der Waals surface area contributed by atoms with Crippen molar-refractivity contribution in [2.45, 2.75) is 26.1 Å². The summed E-state index contributed by atoms with van der Waals surface area (Å²) in [5.41, 5.74) is 0.898. The number of methoxy groups -OCH3 is 1. The summed E-state index contributed by atoms with van der Waals surface area (Å²) in [4.78, 5) is 8.96. The predicted molar refractivity (Wildman–Crippen MR) is 84.2 cm³/mol. The molecule has 1 N–H and O–H groups in total. The van der Waals surface area contributed by atoms with E-state index in [0.717, 1.165) is 34.7 Å². The van der Waals surface area contributed by atoms with Gasteiger partial charge in [0.15, 0.2) is 5.79 Å². The van der Waals surface area contributed by atoms with E-state index in [4.69, 9.17) is 14.2 Å². The van der Waals surface area contributed by atoms with Gasteiger partial charge < -0.3 is 19.5 Å². The van der Waals surface area contributed by atoms with Gasteiger partial charge in [0.2, 0.25) is 0 Å². The van der Waals surface area contributed by atoms with Gasteiger partial charge in [-0.2, -0.15) is 0 Å². The van der Waals surface area contributed by atoms with Crippen LogP contribution >= 0.6 is 0 Å². The Balaban J connectivity index is 1.79. The summed E-state index contributed by atoms with van der Waals surface area (Å²) in [5.74, 6) is 1.84. The van der Waals surface area contributed by atoms with Crippen molar-refractivity contribution in [3.63, 3.8) is 0 Å². The smallest absolute Gasteiger partial charge is 0.167 e. The van der Waals surface area contributed by atoms with Crippen LogP contribution in [-0.4, -0.2) is 42.6 Å². The van der Waals surface area contributed by atoms with Crippen molar-refractivity contribution in [1.29, 1.82) is 0 Å². The molecule has 0 saturated carbocycles. The molecule has 1 aromatic carbocycles. The molecule has 1 saturated heterocycles. The summed E-state index contributed by atoms with van der Waals surface area (Å²) in [6, 6.07) is 5.79. The van der Waals surface area contributed by atoms with Crippen molar-refractivity contribution in [3.8, 4) is 5.75 Å². The zero-order valence-electron chi connectivity index (χ0n) is 13.2. The number of hydrogen-bond donors (Lipinski definition) is 1. The molecule has 0 radical (unpaired) electrons. The van der Waals surface area contributed by atoms with Gasteiger partial charge in [0.25, 0.3) is 0 Å². The fourth-order valence-electron chi connectivity index (χ4n) is 2.59. The van der Waals surface area contributed by atoms with Gasteiger partial charge in [-0.05, 0) is 32.0 Å². The number of aryl methyl sites for hydroxylation is 1. The first-order valence-electron chi connectivity index (χ1n) is 7.44. The highest BCUT2D eigenvalue weighted by molar-refractivity contribution is 5.90. The number of aromatic nitrogens is 2. The Bertz CT molecular complexity index is 669. The van der Waals surface area contributed by atoms with E-state index in [0.29, 0.717) is 19.8 Å². The Labute approximate surface area is 129 Å². The van der Waals surface area contributed by atoms with E-state index in [-0.39, 0.29) is 0 Å². The van der Waals surface area contributed by atoms with Crippen molar-refractivity contribution in [3.05, 3.63) is 24.0 Å². The van der Waals surface area contributed by atoms with E-state index in [9.17, 15) is 0 Å². The Morgan fingerprint density at radius 2 is 2.05 bits per heavy atom. The second kappa shape index (κ2) is 6.06. The quantitative estimate of drug-likeness (QED) is 0.915. The number of anilines is 1. The number of nitrogens with zero attached hydrogens (tertiary/aromatic N) is 2. The minimum Gasteiger partial charge on any atom is -0.497 e. The number of benzene rings is 1. The van der Waals surface area contributed by atoms with E-state index in [1.807, 2.05) is 32.0 Å². The number of nitrogens with one attached hydrogen (secondary N) is 1. The number of ether oxygens (including phenoxy) is 3. The molecule has 2 aromatic rings. The topological polar surface area (TPSA) is 65.5 Å². The average Bonchev–Trinajstić information content (AvgIpc) is 2.93. The molecule has 3 rings (SSSR count). The van der Waals surface area contributed by atoms with E-state index >= 15 is 0 Å². The molecule has 22 heavy (non-hydrogen) atoms. The highest BCUT2D eigenvalue weighted by Gasteiger charge is 2.30. The third-order valence-corrected chi connectivity index (χ3v) is 3.78. The third-order valence-electron chi connectivity index (χ3n) is 3.78. The summed E-state index contributed by atoms with van der Waals surface area (Å²) in [6.45, 7) is 5.87. The van der Waals surface area contributed by atoms with Crippen LogP contribution in [0, 0.1) is 6.92 Å². The van der Waals surface area contributed by atoms with Crippen molar-refractivity contribution < 1.29 is 14.2 Å². The van der Waals surface area contributed by atoms with Gasteiger partial charge in [-0.1, -0.05) is 0 Å². The fraction of sp³-hybridized carbons (Fsp3) is 0.500. The first kappa shape index (κ1) is 15.0. The zero-order chi connectivity index (χ0) is 15.6. The Morgan fingerprint density at radius 1 is 1.27 bits per heavy atom. The molecule has 6 heteroatoms. The first-order valence-corrected chi connectivity index (χ1v) is 7.44. The second-order valence-electron chi connectivity index (χ2n) is 5.51. The molecule has 6 nitrogen and oxygen atoms in total. The normalized spacial score (nSPS) is 16.9. The highest BCUT2D eigenvalue weighted by Crippen LogP contribution is 2.26. The summed E-state index contributed by atoms with van der Waals surface area (Å²) in [7, 11) is 1.65. The lowest BCUT2D eigenvalue weighted by atomic mass is 10.2. The van der Waals surface area contributed by atoms with E-state index < -0.39 is 5.79 Å². The van der Waals surface area contributed by atoms with Crippen LogP contribution in [0.4, 0.5) is 5.82 Å². The van der Waals surface area contributed by atoms with E-state index in [1.54, 1.807) is 7.11 Å². The minimum absolute atomic E-state index is 0.497. The Morgan fingerprint density at radius 3 is 2.77 bits per heavy atom. The van der Waals surface area contributed by atoms with Crippen LogP contribution < -0.4 is 10.1 Å². The molecule has 1 aliphatic heterocycles. The molecular weight excluding hydrogens is 282 g/mol. The van der Waals surface area contributed by atoms with Crippen molar-refractivity contribution in [1.82, 2.24) is 9.97 Å². The third kappa shape index (κ3) is 3.13. The van der Waals surface area contributed by atoms with Gasteiger partial charge in [-0.25, -0.2) is 9.97 Å². The lowest BCUT2D eigenvalue weighted by molar-refractivity contribution is -0.144.